The van der Waals surface area contributed by atoms with Crippen LogP contribution in [0.1, 0.15) is 17.1 Å². The molecule has 25 heavy (non-hydrogen) atoms. The number of pyridine rings is 1. The summed E-state index contributed by atoms with van der Waals surface area (Å²) in [6.45, 7) is 2.77. The van der Waals surface area contributed by atoms with Crippen molar-refractivity contribution in [1.82, 2.24) is 19.9 Å². The van der Waals surface area contributed by atoms with Gasteiger partial charge in [0.05, 0.1) is 35.0 Å². The quantitative estimate of drug-likeness (QED) is 0.739. The minimum atomic E-state index is -0.252. The Hall–Kier alpha value is -3.00. The van der Waals surface area contributed by atoms with Gasteiger partial charge in [-0.15, -0.1) is 11.3 Å². The summed E-state index contributed by atoms with van der Waals surface area (Å²) >= 11 is 1.59. The van der Waals surface area contributed by atoms with Gasteiger partial charge in [-0.05, 0) is 30.5 Å². The number of amides is 2. The molecule has 8 heteroatoms. The predicted molar refractivity (Wildman–Crippen MR) is 97.0 cm³/mol. The van der Waals surface area contributed by atoms with Crippen molar-refractivity contribution in [3.8, 4) is 10.6 Å². The fourth-order valence-electron chi connectivity index (χ4n) is 2.71. The van der Waals surface area contributed by atoms with Gasteiger partial charge in [0.2, 0.25) is 0 Å². The van der Waals surface area contributed by atoms with Crippen molar-refractivity contribution >= 4 is 28.9 Å². The molecule has 4 heterocycles. The van der Waals surface area contributed by atoms with E-state index in [9.17, 15) is 4.79 Å². The average Bonchev–Trinajstić information content (AvgIpc) is 3.25. The third kappa shape index (κ3) is 3.03. The molecule has 7 nitrogen and oxygen atoms in total. The van der Waals surface area contributed by atoms with Gasteiger partial charge in [-0.25, -0.2) is 19.7 Å². The molecule has 3 N–H and O–H groups in total. The molecule has 4 rings (SSSR count). The highest BCUT2D eigenvalue weighted by Gasteiger charge is 2.25. The molecule has 3 aromatic heterocycles. The molecule has 2 amide bonds. The fraction of sp³-hybridized carbons (Fsp3) is 0.176. The number of rotatable bonds is 2. The number of aromatic nitrogens is 3. The molecule has 0 saturated heterocycles. The van der Waals surface area contributed by atoms with E-state index in [0.29, 0.717) is 30.4 Å². The van der Waals surface area contributed by atoms with Crippen LogP contribution in [0.25, 0.3) is 10.6 Å². The van der Waals surface area contributed by atoms with Crippen LogP contribution in [0.15, 0.2) is 35.8 Å². The molecular formula is C17H16N6OS. The van der Waals surface area contributed by atoms with E-state index < -0.39 is 0 Å². The van der Waals surface area contributed by atoms with E-state index in [4.69, 9.17) is 5.73 Å². The maximum absolute atomic E-state index is 12.6. The van der Waals surface area contributed by atoms with E-state index in [0.717, 1.165) is 21.8 Å². The molecule has 0 aliphatic carbocycles. The lowest BCUT2D eigenvalue weighted by molar-refractivity contribution is 0.212. The maximum Gasteiger partial charge on any atom is 0.323 e. The molecule has 1 aliphatic rings. The number of nitrogens with zero attached hydrogens (tertiary/aromatic N) is 4. The number of anilines is 2. The highest BCUT2D eigenvalue weighted by Crippen LogP contribution is 2.27. The number of nitrogens with one attached hydrogen (secondary N) is 1. The van der Waals surface area contributed by atoms with Gasteiger partial charge in [0.1, 0.15) is 5.82 Å². The minimum Gasteiger partial charge on any atom is -0.396 e. The van der Waals surface area contributed by atoms with Gasteiger partial charge < -0.3 is 10.6 Å². The second-order valence-corrected chi connectivity index (χ2v) is 6.73. The van der Waals surface area contributed by atoms with E-state index in [2.05, 4.69) is 20.3 Å². The fourth-order valence-corrected chi connectivity index (χ4v) is 3.40. The minimum absolute atomic E-state index is 0.252. The lowest BCUT2D eigenvalue weighted by Gasteiger charge is -2.16. The maximum atomic E-state index is 12.6. The zero-order chi connectivity index (χ0) is 17.4. The highest BCUT2D eigenvalue weighted by molar-refractivity contribution is 7.13. The molecule has 0 unspecified atom stereocenters. The normalized spacial score (nSPS) is 12.9. The number of carbonyl (C=O) groups excluding carboxylic acids is 1. The summed E-state index contributed by atoms with van der Waals surface area (Å²) in [6, 6.07) is 7.29. The molecule has 1 aliphatic heterocycles. The number of hydrogen-bond acceptors (Lipinski definition) is 6. The summed E-state index contributed by atoms with van der Waals surface area (Å²) in [5, 5.41) is 4.79. The Morgan fingerprint density at radius 2 is 2.16 bits per heavy atom. The first-order chi connectivity index (χ1) is 12.1. The van der Waals surface area contributed by atoms with E-state index in [-0.39, 0.29) is 6.03 Å². The lowest BCUT2D eigenvalue weighted by Crippen LogP contribution is -2.31. The zero-order valence-corrected chi connectivity index (χ0v) is 14.4. The number of fused-ring (bicyclic) bond motifs is 1. The van der Waals surface area contributed by atoms with Crippen LogP contribution in [0.5, 0.6) is 0 Å². The number of urea groups is 1. The summed E-state index contributed by atoms with van der Waals surface area (Å²) in [6.07, 6.45) is 1.77. The Morgan fingerprint density at radius 1 is 1.28 bits per heavy atom. The summed E-state index contributed by atoms with van der Waals surface area (Å²) in [5.74, 6) is 1.07. The molecule has 0 atom stereocenters. The third-order valence-electron chi connectivity index (χ3n) is 3.99. The molecule has 0 saturated carbocycles. The SMILES string of the molecule is Cc1ncc2c(n1)CN(C(=O)Nc1nc(-c3cccs3)ccc1N)C2. The molecule has 3 aromatic rings. The van der Waals surface area contributed by atoms with Crippen molar-refractivity contribution in [3.63, 3.8) is 0 Å². The number of carbonyl (C=O) groups is 1. The second-order valence-electron chi connectivity index (χ2n) is 5.79. The topological polar surface area (TPSA) is 97.0 Å². The monoisotopic (exact) mass is 352 g/mol. The third-order valence-corrected chi connectivity index (χ3v) is 4.88. The van der Waals surface area contributed by atoms with Gasteiger partial charge in [-0.3, -0.25) is 5.32 Å². The predicted octanol–water partition coefficient (Wildman–Crippen LogP) is 3.04. The second kappa shape index (κ2) is 6.14. The Bertz CT molecular complexity index is 940. The van der Waals surface area contributed by atoms with Gasteiger partial charge in [-0.2, -0.15) is 0 Å². The van der Waals surface area contributed by atoms with Crippen molar-refractivity contribution in [1.29, 1.82) is 0 Å². The van der Waals surface area contributed by atoms with Crippen LogP contribution in [0.3, 0.4) is 0 Å². The van der Waals surface area contributed by atoms with Gasteiger partial charge in [0.15, 0.2) is 5.82 Å². The Kier molecular flexibility index (Phi) is 3.81. The first-order valence-corrected chi connectivity index (χ1v) is 8.66. The number of aryl methyl sites for hydroxylation is 1. The van der Waals surface area contributed by atoms with Gasteiger partial charge in [0, 0.05) is 11.8 Å². The number of nitrogen functional groups attached to an aromatic ring is 1. The van der Waals surface area contributed by atoms with Crippen LogP contribution < -0.4 is 11.1 Å². The molecule has 0 aromatic carbocycles. The van der Waals surface area contributed by atoms with Crippen LogP contribution in [0.4, 0.5) is 16.3 Å². The smallest absolute Gasteiger partial charge is 0.323 e. The van der Waals surface area contributed by atoms with E-state index in [1.807, 2.05) is 30.5 Å². The van der Waals surface area contributed by atoms with Crippen molar-refractivity contribution in [2.24, 2.45) is 0 Å². The standard InChI is InChI=1S/C17H16N6OS/c1-10-19-7-11-8-23(9-14(11)20-10)17(24)22-16-12(18)4-5-13(21-16)15-3-2-6-25-15/h2-7H,8-9,18H2,1H3,(H,21,22,24). The van der Waals surface area contributed by atoms with Crippen molar-refractivity contribution in [2.45, 2.75) is 20.0 Å². The highest BCUT2D eigenvalue weighted by atomic mass is 32.1. The van der Waals surface area contributed by atoms with E-state index >= 15 is 0 Å². The first-order valence-electron chi connectivity index (χ1n) is 7.78. The molecule has 0 bridgehead atoms. The van der Waals surface area contributed by atoms with Crippen molar-refractivity contribution in [3.05, 3.63) is 52.9 Å². The van der Waals surface area contributed by atoms with E-state index in [1.165, 1.54) is 0 Å². The summed E-state index contributed by atoms with van der Waals surface area (Å²) in [7, 11) is 0. The number of thiophene rings is 1. The van der Waals surface area contributed by atoms with Gasteiger partial charge in [-0.1, -0.05) is 6.07 Å². The molecule has 0 radical (unpaired) electrons. The number of hydrogen-bond donors (Lipinski definition) is 2. The van der Waals surface area contributed by atoms with Crippen molar-refractivity contribution < 1.29 is 4.79 Å². The van der Waals surface area contributed by atoms with Crippen LogP contribution in [-0.4, -0.2) is 25.9 Å². The molecule has 0 fully saturated rings. The molecule has 126 valence electrons. The Morgan fingerprint density at radius 3 is 2.96 bits per heavy atom. The average molecular weight is 352 g/mol. The van der Waals surface area contributed by atoms with Crippen LogP contribution in [0.2, 0.25) is 0 Å². The van der Waals surface area contributed by atoms with Gasteiger partial charge in [0.25, 0.3) is 0 Å². The summed E-state index contributed by atoms with van der Waals surface area (Å²) in [4.78, 5) is 28.3. The molecular weight excluding hydrogens is 336 g/mol. The Balaban J connectivity index is 1.53. The molecule has 0 spiro atoms. The van der Waals surface area contributed by atoms with Gasteiger partial charge >= 0.3 is 6.03 Å². The lowest BCUT2D eigenvalue weighted by atomic mass is 10.3. The summed E-state index contributed by atoms with van der Waals surface area (Å²) < 4.78 is 0. The van der Waals surface area contributed by atoms with Crippen LogP contribution in [0, 0.1) is 6.92 Å². The first kappa shape index (κ1) is 15.5. The largest absolute Gasteiger partial charge is 0.396 e. The summed E-state index contributed by atoms with van der Waals surface area (Å²) in [5.41, 5.74) is 9.05. The van der Waals surface area contributed by atoms with Crippen LogP contribution in [-0.2, 0) is 13.1 Å². The van der Waals surface area contributed by atoms with E-state index in [1.54, 1.807) is 28.5 Å². The number of nitrogens with two attached hydrogens (primary N) is 1. The van der Waals surface area contributed by atoms with Crippen molar-refractivity contribution in [2.75, 3.05) is 11.1 Å². The van der Waals surface area contributed by atoms with Crippen LogP contribution >= 0.6 is 11.3 Å². The Labute approximate surface area is 148 Å². The zero-order valence-electron chi connectivity index (χ0n) is 13.6.